The lowest BCUT2D eigenvalue weighted by atomic mass is 9.99. The summed E-state index contributed by atoms with van der Waals surface area (Å²) in [5.74, 6) is 0.942. The Morgan fingerprint density at radius 2 is 1.97 bits per heavy atom. The fourth-order valence-corrected chi connectivity index (χ4v) is 4.37. The van der Waals surface area contributed by atoms with Crippen LogP contribution in [0.1, 0.15) is 31.0 Å². The van der Waals surface area contributed by atoms with Crippen molar-refractivity contribution in [2.75, 3.05) is 38.1 Å². The molecule has 1 saturated heterocycles. The molecule has 166 valence electrons. The largest absolute Gasteiger partial charge is 0.340 e. The van der Waals surface area contributed by atoms with Crippen molar-refractivity contribution in [3.63, 3.8) is 0 Å². The quantitative estimate of drug-likeness (QED) is 0.618. The Hall–Kier alpha value is -3.44. The van der Waals surface area contributed by atoms with Gasteiger partial charge in [-0.3, -0.25) is 9.69 Å². The number of carbonyl (C=O) groups excluding carboxylic acids is 1. The molecule has 0 spiro atoms. The minimum absolute atomic E-state index is 0.0942. The third-order valence-electron chi connectivity index (χ3n) is 6.35. The van der Waals surface area contributed by atoms with Crippen molar-refractivity contribution < 1.29 is 4.79 Å². The number of aromatic nitrogens is 3. The lowest BCUT2D eigenvalue weighted by Gasteiger charge is -2.36. The van der Waals surface area contributed by atoms with Crippen molar-refractivity contribution in [2.24, 2.45) is 7.05 Å². The average molecular weight is 432 g/mol. The van der Waals surface area contributed by atoms with Gasteiger partial charge in [-0.15, -0.1) is 0 Å². The van der Waals surface area contributed by atoms with Gasteiger partial charge >= 0.3 is 0 Å². The Morgan fingerprint density at radius 1 is 1.22 bits per heavy atom. The zero-order valence-electron chi connectivity index (χ0n) is 19.1. The number of imidazole rings is 1. The van der Waals surface area contributed by atoms with Crippen LogP contribution in [0.5, 0.6) is 0 Å². The number of piperazine rings is 1. The number of benzene rings is 1. The van der Waals surface area contributed by atoms with Crippen LogP contribution in [0.2, 0.25) is 0 Å². The second-order valence-corrected chi connectivity index (χ2v) is 8.26. The van der Waals surface area contributed by atoms with E-state index in [1.54, 1.807) is 19.4 Å². The number of carbonyl (C=O) groups is 1. The monoisotopic (exact) mass is 431 g/mol. The summed E-state index contributed by atoms with van der Waals surface area (Å²) >= 11 is 0. The summed E-state index contributed by atoms with van der Waals surface area (Å²) < 4.78 is 1.99. The second-order valence-electron chi connectivity index (χ2n) is 8.26. The maximum atomic E-state index is 11.6. The fraction of sp³-hybridized carbons (Fsp3) is 0.417. The van der Waals surface area contributed by atoms with E-state index >= 15 is 0 Å². The molecule has 1 aliphatic rings. The number of anilines is 2. The molecule has 1 atom stereocenters. The Morgan fingerprint density at radius 3 is 2.62 bits per heavy atom. The van der Waals surface area contributed by atoms with Crippen LogP contribution in [0.3, 0.4) is 0 Å². The molecule has 1 unspecified atom stereocenters. The molecule has 0 radical (unpaired) electrons. The Labute approximate surface area is 188 Å². The van der Waals surface area contributed by atoms with Gasteiger partial charge in [-0.1, -0.05) is 19.1 Å². The molecule has 1 aromatic carbocycles. The lowest BCUT2D eigenvalue weighted by molar-refractivity contribution is -0.130. The van der Waals surface area contributed by atoms with Gasteiger partial charge in [-0.25, -0.2) is 9.97 Å². The van der Waals surface area contributed by atoms with Gasteiger partial charge in [0.05, 0.1) is 24.1 Å². The molecular weight excluding hydrogens is 402 g/mol. The van der Waals surface area contributed by atoms with Crippen LogP contribution in [0.25, 0.3) is 11.0 Å². The van der Waals surface area contributed by atoms with Gasteiger partial charge in [0.15, 0.2) is 0 Å². The third kappa shape index (κ3) is 4.04. The molecule has 3 aromatic rings. The van der Waals surface area contributed by atoms with E-state index in [1.165, 1.54) is 5.56 Å². The highest BCUT2D eigenvalue weighted by Crippen LogP contribution is 2.31. The van der Waals surface area contributed by atoms with E-state index in [-0.39, 0.29) is 11.9 Å². The van der Waals surface area contributed by atoms with Crippen LogP contribution in [-0.2, 0) is 18.3 Å². The number of nitriles is 1. The molecule has 1 fully saturated rings. The van der Waals surface area contributed by atoms with Crippen molar-refractivity contribution in [1.29, 1.82) is 5.26 Å². The van der Waals surface area contributed by atoms with Gasteiger partial charge in [0, 0.05) is 59.0 Å². The summed E-state index contributed by atoms with van der Waals surface area (Å²) in [5.41, 5.74) is 5.14. The molecule has 1 aliphatic heterocycles. The smallest absolute Gasteiger partial charge is 0.219 e. The van der Waals surface area contributed by atoms with Crippen molar-refractivity contribution in [2.45, 2.75) is 26.3 Å². The Bertz CT molecular complexity index is 1170. The molecule has 0 aliphatic carbocycles. The first-order valence-corrected chi connectivity index (χ1v) is 11.0. The van der Waals surface area contributed by atoms with E-state index in [0.717, 1.165) is 34.5 Å². The fourth-order valence-electron chi connectivity index (χ4n) is 4.37. The van der Waals surface area contributed by atoms with Crippen LogP contribution in [0, 0.1) is 11.3 Å². The predicted molar refractivity (Wildman–Crippen MR) is 125 cm³/mol. The third-order valence-corrected chi connectivity index (χ3v) is 6.35. The summed E-state index contributed by atoms with van der Waals surface area (Å²) in [6, 6.07) is 10.5. The summed E-state index contributed by atoms with van der Waals surface area (Å²) in [6.07, 6.45) is 4.44. The topological polar surface area (TPSA) is 81.3 Å². The maximum Gasteiger partial charge on any atom is 0.219 e. The summed E-state index contributed by atoms with van der Waals surface area (Å²) in [5, 5.41) is 9.93. The highest BCUT2D eigenvalue weighted by Gasteiger charge is 2.26. The Balaban J connectivity index is 1.59. The first-order chi connectivity index (χ1) is 15.4. The number of fused-ring (bicyclic) bond motifs is 1. The molecule has 8 heteroatoms. The van der Waals surface area contributed by atoms with Crippen molar-refractivity contribution in [1.82, 2.24) is 24.3 Å². The summed E-state index contributed by atoms with van der Waals surface area (Å²) in [6.45, 7) is 6.46. The first-order valence-electron chi connectivity index (χ1n) is 11.0. The van der Waals surface area contributed by atoms with E-state index < -0.39 is 0 Å². The van der Waals surface area contributed by atoms with Crippen molar-refractivity contribution in [3.05, 3.63) is 47.9 Å². The molecule has 3 heterocycles. The number of hydrogen-bond donors (Lipinski definition) is 0. The standard InChI is InChI=1S/C24H29N7O/c1-5-18-12-19(23(14-25)31-10-8-30(9-11-31)17(2)32)6-7-21(18)29(4)24-13-22-20(15-26-24)27-16-28(22)3/h6-7,12-13,15-16,23H,5,8-11H2,1-4H3. The molecule has 32 heavy (non-hydrogen) atoms. The molecule has 2 aromatic heterocycles. The van der Waals surface area contributed by atoms with Crippen molar-refractivity contribution >= 4 is 28.4 Å². The molecule has 4 rings (SSSR count). The molecule has 1 amide bonds. The van der Waals surface area contributed by atoms with Crippen LogP contribution in [-0.4, -0.2) is 63.5 Å². The number of amides is 1. The van der Waals surface area contributed by atoms with Gasteiger partial charge in [-0.05, 0) is 23.6 Å². The number of pyridine rings is 1. The van der Waals surface area contributed by atoms with Crippen LogP contribution in [0.15, 0.2) is 36.8 Å². The molecule has 0 saturated carbocycles. The van der Waals surface area contributed by atoms with Crippen LogP contribution in [0.4, 0.5) is 11.5 Å². The molecule has 0 bridgehead atoms. The zero-order chi connectivity index (χ0) is 22.8. The van der Waals surface area contributed by atoms with Crippen LogP contribution < -0.4 is 4.90 Å². The number of nitrogens with zero attached hydrogens (tertiary/aromatic N) is 7. The maximum absolute atomic E-state index is 11.6. The SMILES string of the molecule is CCc1cc(C(C#N)N2CCN(C(C)=O)CC2)ccc1N(C)c1cc2c(cn1)ncn2C. The van der Waals surface area contributed by atoms with Gasteiger partial charge in [-0.2, -0.15) is 5.26 Å². The average Bonchev–Trinajstić information content (AvgIpc) is 3.19. The van der Waals surface area contributed by atoms with E-state index in [4.69, 9.17) is 0 Å². The molecule has 0 N–H and O–H groups in total. The normalized spacial score (nSPS) is 15.5. The number of aryl methyl sites for hydroxylation is 2. The van der Waals surface area contributed by atoms with Gasteiger partial charge < -0.3 is 14.4 Å². The first kappa shape index (κ1) is 21.8. The highest BCUT2D eigenvalue weighted by atomic mass is 16.2. The summed E-state index contributed by atoms with van der Waals surface area (Å²) in [4.78, 5) is 26.7. The number of rotatable bonds is 5. The minimum Gasteiger partial charge on any atom is -0.340 e. The van der Waals surface area contributed by atoms with Gasteiger partial charge in [0.1, 0.15) is 17.4 Å². The lowest BCUT2D eigenvalue weighted by Crippen LogP contribution is -2.48. The van der Waals surface area contributed by atoms with E-state index in [9.17, 15) is 10.1 Å². The van der Waals surface area contributed by atoms with Crippen molar-refractivity contribution in [3.8, 4) is 6.07 Å². The Kier molecular flexibility index (Phi) is 6.10. The number of hydrogen-bond acceptors (Lipinski definition) is 6. The van der Waals surface area contributed by atoms with Gasteiger partial charge in [0.25, 0.3) is 0 Å². The van der Waals surface area contributed by atoms with Gasteiger partial charge in [0.2, 0.25) is 5.91 Å². The van der Waals surface area contributed by atoms with E-state index in [2.05, 4.69) is 44.9 Å². The minimum atomic E-state index is -0.322. The zero-order valence-corrected chi connectivity index (χ0v) is 19.1. The van der Waals surface area contributed by atoms with E-state index in [0.29, 0.717) is 26.2 Å². The van der Waals surface area contributed by atoms with E-state index in [1.807, 2.05) is 35.7 Å². The molecular formula is C24H29N7O. The molecule has 8 nitrogen and oxygen atoms in total. The predicted octanol–water partition coefficient (Wildman–Crippen LogP) is 3.03. The second kappa shape index (κ2) is 8.97. The summed E-state index contributed by atoms with van der Waals surface area (Å²) in [7, 11) is 3.99. The highest BCUT2D eigenvalue weighted by molar-refractivity contribution is 5.79. The van der Waals surface area contributed by atoms with Crippen LogP contribution >= 0.6 is 0 Å².